The Hall–Kier alpha value is -2.68. The van der Waals surface area contributed by atoms with Crippen molar-refractivity contribution in [1.82, 2.24) is 15.1 Å². The minimum Gasteiger partial charge on any atom is -0.360 e. The number of nitrogens with zero attached hydrogens (tertiary/aromatic N) is 2. The van der Waals surface area contributed by atoms with E-state index in [-0.39, 0.29) is 16.4 Å². The normalized spacial score (nSPS) is 12.3. The number of carbonyl (C=O) groups is 1. The zero-order valence-electron chi connectivity index (χ0n) is 12.8. The summed E-state index contributed by atoms with van der Waals surface area (Å²) in [5.74, 6) is 0.0831. The molecule has 0 bridgehead atoms. The largest absolute Gasteiger partial charge is 0.360 e. The maximum atomic E-state index is 13.2. The van der Waals surface area contributed by atoms with Crippen molar-refractivity contribution >= 4 is 34.4 Å². The van der Waals surface area contributed by atoms with E-state index in [9.17, 15) is 14.0 Å². The van der Waals surface area contributed by atoms with E-state index >= 15 is 0 Å². The van der Waals surface area contributed by atoms with Crippen LogP contribution in [-0.2, 0) is 4.79 Å². The number of hydrogen-bond acceptors (Lipinski definition) is 6. The Balaban J connectivity index is 1.77. The molecule has 0 aliphatic rings. The molecule has 124 valence electrons. The SMILES string of the molecule is Cc1cc(NC(=O)C(C)Sc2nc3ccc(F)cc3c(=O)[nH]2)no1. The molecular formula is C15H13FN4O3S. The van der Waals surface area contributed by atoms with Gasteiger partial charge in [0.2, 0.25) is 5.91 Å². The fraction of sp³-hybridized carbons (Fsp3) is 0.200. The van der Waals surface area contributed by atoms with E-state index in [1.807, 2.05) is 0 Å². The second kappa shape index (κ2) is 6.44. The van der Waals surface area contributed by atoms with E-state index in [2.05, 4.69) is 20.4 Å². The first kappa shape index (κ1) is 16.2. The number of nitrogens with one attached hydrogen (secondary N) is 2. The number of H-pyrrole nitrogens is 1. The highest BCUT2D eigenvalue weighted by atomic mass is 32.2. The van der Waals surface area contributed by atoms with Crippen LogP contribution < -0.4 is 10.9 Å². The first-order chi connectivity index (χ1) is 11.4. The number of benzene rings is 1. The smallest absolute Gasteiger partial charge is 0.259 e. The van der Waals surface area contributed by atoms with Crippen molar-refractivity contribution in [2.75, 3.05) is 5.32 Å². The van der Waals surface area contributed by atoms with Gasteiger partial charge in [0.05, 0.1) is 16.2 Å². The Bertz CT molecular complexity index is 969. The summed E-state index contributed by atoms with van der Waals surface area (Å²) in [6.45, 7) is 3.38. The summed E-state index contributed by atoms with van der Waals surface area (Å²) in [5, 5.41) is 6.19. The van der Waals surface area contributed by atoms with Crippen LogP contribution in [0.1, 0.15) is 12.7 Å². The Labute approximate surface area is 139 Å². The van der Waals surface area contributed by atoms with Gasteiger partial charge in [-0.3, -0.25) is 9.59 Å². The van der Waals surface area contributed by atoms with E-state index in [0.717, 1.165) is 17.8 Å². The first-order valence-corrected chi connectivity index (χ1v) is 7.91. The molecule has 2 aromatic heterocycles. The lowest BCUT2D eigenvalue weighted by atomic mass is 10.2. The van der Waals surface area contributed by atoms with Gasteiger partial charge in [-0.2, -0.15) is 0 Å². The van der Waals surface area contributed by atoms with Crippen LogP contribution in [0, 0.1) is 12.7 Å². The third-order valence-electron chi connectivity index (χ3n) is 3.18. The molecule has 1 unspecified atom stereocenters. The highest BCUT2D eigenvalue weighted by Gasteiger charge is 2.18. The van der Waals surface area contributed by atoms with Crippen LogP contribution in [-0.4, -0.2) is 26.3 Å². The Morgan fingerprint density at radius 2 is 2.21 bits per heavy atom. The van der Waals surface area contributed by atoms with E-state index in [4.69, 9.17) is 4.52 Å². The zero-order chi connectivity index (χ0) is 17.3. The minimum absolute atomic E-state index is 0.162. The van der Waals surface area contributed by atoms with Crippen molar-refractivity contribution in [1.29, 1.82) is 0 Å². The van der Waals surface area contributed by atoms with Gasteiger partial charge in [-0.15, -0.1) is 0 Å². The quantitative estimate of drug-likeness (QED) is 0.555. The van der Waals surface area contributed by atoms with Crippen LogP contribution in [0.5, 0.6) is 0 Å². The molecule has 0 aliphatic carbocycles. The molecule has 0 saturated carbocycles. The van der Waals surface area contributed by atoms with E-state index < -0.39 is 16.6 Å². The van der Waals surface area contributed by atoms with Gasteiger partial charge >= 0.3 is 0 Å². The van der Waals surface area contributed by atoms with E-state index in [1.54, 1.807) is 19.9 Å². The van der Waals surface area contributed by atoms with Crippen LogP contribution in [0.15, 0.2) is 38.7 Å². The van der Waals surface area contributed by atoms with Crippen molar-refractivity contribution in [3.8, 4) is 0 Å². The molecule has 2 heterocycles. The average Bonchev–Trinajstić information content (AvgIpc) is 2.93. The van der Waals surface area contributed by atoms with Gasteiger partial charge in [-0.1, -0.05) is 16.9 Å². The van der Waals surface area contributed by atoms with Crippen LogP contribution >= 0.6 is 11.8 Å². The minimum atomic E-state index is -0.539. The summed E-state index contributed by atoms with van der Waals surface area (Å²) in [4.78, 5) is 30.9. The van der Waals surface area contributed by atoms with Crippen molar-refractivity contribution in [3.05, 3.63) is 46.2 Å². The van der Waals surface area contributed by atoms with Crippen LogP contribution in [0.25, 0.3) is 10.9 Å². The van der Waals surface area contributed by atoms with Crippen molar-refractivity contribution in [2.45, 2.75) is 24.3 Å². The number of hydrogen-bond donors (Lipinski definition) is 2. The fourth-order valence-corrected chi connectivity index (χ4v) is 2.82. The maximum Gasteiger partial charge on any atom is 0.259 e. The number of thioether (sulfide) groups is 1. The summed E-state index contributed by atoms with van der Waals surface area (Å²) in [6, 6.07) is 5.37. The molecule has 3 aromatic rings. The van der Waals surface area contributed by atoms with Crippen molar-refractivity contribution < 1.29 is 13.7 Å². The number of rotatable bonds is 4. The van der Waals surface area contributed by atoms with E-state index in [0.29, 0.717) is 17.1 Å². The summed E-state index contributed by atoms with van der Waals surface area (Å²) in [5.41, 5.74) is -0.0934. The van der Waals surface area contributed by atoms with Crippen molar-refractivity contribution in [2.24, 2.45) is 0 Å². The number of anilines is 1. The van der Waals surface area contributed by atoms with Gasteiger partial charge in [0.1, 0.15) is 11.6 Å². The number of aromatic amines is 1. The van der Waals surface area contributed by atoms with Gasteiger partial charge in [0, 0.05) is 6.07 Å². The third kappa shape index (κ3) is 3.46. The molecule has 9 heteroatoms. The molecule has 1 aromatic carbocycles. The second-order valence-electron chi connectivity index (χ2n) is 5.10. The molecule has 0 radical (unpaired) electrons. The maximum absolute atomic E-state index is 13.2. The number of halogens is 1. The van der Waals surface area contributed by atoms with Gasteiger partial charge in [-0.25, -0.2) is 9.37 Å². The molecule has 24 heavy (non-hydrogen) atoms. The molecule has 0 aliphatic heterocycles. The lowest BCUT2D eigenvalue weighted by Crippen LogP contribution is -2.23. The topological polar surface area (TPSA) is 101 Å². The molecule has 0 fully saturated rings. The molecule has 3 rings (SSSR count). The summed E-state index contributed by atoms with van der Waals surface area (Å²) >= 11 is 1.08. The lowest BCUT2D eigenvalue weighted by Gasteiger charge is -2.10. The number of carbonyl (C=O) groups excluding carboxylic acids is 1. The first-order valence-electron chi connectivity index (χ1n) is 7.03. The molecule has 1 amide bonds. The molecule has 1 atom stereocenters. The summed E-state index contributed by atoms with van der Waals surface area (Å²) in [7, 11) is 0. The summed E-state index contributed by atoms with van der Waals surface area (Å²) in [6.07, 6.45) is 0. The fourth-order valence-electron chi connectivity index (χ4n) is 2.02. The number of fused-ring (bicyclic) bond motifs is 1. The standard InChI is InChI=1S/C15H13FN4O3S/c1-7-5-12(20-23-7)18-13(21)8(2)24-15-17-11-4-3-9(16)6-10(11)14(22)19-15/h3-6,8H,1-2H3,(H,17,19,22)(H,18,20,21). The van der Waals surface area contributed by atoms with Crippen molar-refractivity contribution in [3.63, 3.8) is 0 Å². The molecule has 7 nitrogen and oxygen atoms in total. The van der Waals surface area contributed by atoms with Gasteiger partial charge in [0.15, 0.2) is 11.0 Å². The van der Waals surface area contributed by atoms with E-state index in [1.165, 1.54) is 12.1 Å². The lowest BCUT2D eigenvalue weighted by molar-refractivity contribution is -0.115. The number of amides is 1. The Kier molecular flexibility index (Phi) is 4.34. The molecule has 2 N–H and O–H groups in total. The zero-order valence-corrected chi connectivity index (χ0v) is 13.6. The molecule has 0 spiro atoms. The number of aryl methyl sites for hydroxylation is 1. The second-order valence-corrected chi connectivity index (χ2v) is 6.43. The third-order valence-corrected chi connectivity index (χ3v) is 4.17. The monoisotopic (exact) mass is 348 g/mol. The van der Waals surface area contributed by atoms with Gasteiger partial charge < -0.3 is 14.8 Å². The van der Waals surface area contributed by atoms with Crippen LogP contribution in [0.2, 0.25) is 0 Å². The highest BCUT2D eigenvalue weighted by molar-refractivity contribution is 8.00. The average molecular weight is 348 g/mol. The Morgan fingerprint density at radius 3 is 2.92 bits per heavy atom. The molecular weight excluding hydrogens is 335 g/mol. The van der Waals surface area contributed by atoms with Crippen LogP contribution in [0.3, 0.4) is 0 Å². The number of aromatic nitrogens is 3. The van der Waals surface area contributed by atoms with Gasteiger partial charge in [-0.05, 0) is 32.0 Å². The molecule has 0 saturated heterocycles. The predicted octanol–water partition coefficient (Wildman–Crippen LogP) is 2.48. The highest BCUT2D eigenvalue weighted by Crippen LogP contribution is 2.21. The predicted molar refractivity (Wildman–Crippen MR) is 87.5 cm³/mol. The van der Waals surface area contributed by atoms with Crippen LogP contribution in [0.4, 0.5) is 10.2 Å². The Morgan fingerprint density at radius 1 is 1.42 bits per heavy atom. The summed E-state index contributed by atoms with van der Waals surface area (Å²) < 4.78 is 18.1. The van der Waals surface area contributed by atoms with Gasteiger partial charge in [0.25, 0.3) is 5.56 Å².